The highest BCUT2D eigenvalue weighted by Crippen LogP contribution is 2.43. The van der Waals surface area contributed by atoms with Gasteiger partial charge >= 0.3 is 0 Å². The molecule has 0 unspecified atom stereocenters. The van der Waals surface area contributed by atoms with Gasteiger partial charge in [0.05, 0.1) is 6.61 Å². The molecule has 5 nitrogen and oxygen atoms in total. The highest BCUT2D eigenvalue weighted by molar-refractivity contribution is 5.41. The van der Waals surface area contributed by atoms with Crippen LogP contribution in [-0.4, -0.2) is 51.4 Å². The van der Waals surface area contributed by atoms with Crippen LogP contribution in [0.25, 0.3) is 0 Å². The van der Waals surface area contributed by atoms with Crippen molar-refractivity contribution in [2.75, 3.05) is 6.61 Å². The van der Waals surface area contributed by atoms with Crippen molar-refractivity contribution >= 4 is 0 Å². The maximum absolute atomic E-state index is 10.5. The van der Waals surface area contributed by atoms with Crippen LogP contribution in [0, 0.1) is 5.92 Å². The summed E-state index contributed by atoms with van der Waals surface area (Å²) >= 11 is 0. The second kappa shape index (κ2) is 9.39. The van der Waals surface area contributed by atoms with Crippen molar-refractivity contribution in [3.05, 3.63) is 70.3 Å². The van der Waals surface area contributed by atoms with Gasteiger partial charge in [-0.3, -0.25) is 0 Å². The van der Waals surface area contributed by atoms with E-state index in [4.69, 9.17) is 4.74 Å². The van der Waals surface area contributed by atoms with Crippen LogP contribution in [0.3, 0.4) is 0 Å². The van der Waals surface area contributed by atoms with Gasteiger partial charge in [0.2, 0.25) is 0 Å². The summed E-state index contributed by atoms with van der Waals surface area (Å²) in [5.41, 5.74) is 5.87. The molecule has 0 radical (unpaired) electrons. The lowest BCUT2D eigenvalue weighted by atomic mass is 9.88. The van der Waals surface area contributed by atoms with Crippen molar-refractivity contribution in [2.45, 2.75) is 76.0 Å². The Morgan fingerprint density at radius 2 is 1.58 bits per heavy atom. The minimum atomic E-state index is -1.36. The van der Waals surface area contributed by atoms with Crippen molar-refractivity contribution < 1.29 is 25.2 Å². The minimum Gasteiger partial charge on any atom is -0.394 e. The monoisotopic (exact) mass is 426 g/mol. The van der Waals surface area contributed by atoms with Crippen LogP contribution in [0.4, 0.5) is 0 Å². The van der Waals surface area contributed by atoms with Gasteiger partial charge in [-0.25, -0.2) is 0 Å². The fraction of sp³-hybridized carbons (Fsp3) is 0.538. The molecule has 4 rings (SSSR count). The standard InChI is InChI=1S/C26H34O5/c1-15(2)11-16-3-5-17(6-4-16)12-20-13-19(9-10-21(20)18-7-8-18)26-25(30)24(29)23(28)22(14-27)31-26/h3-6,9-10,13,15,18,22-30H,7-8,11-12,14H2,1-2H3/t22-,23-,24+,25-,26+/m1/s1. The second-order valence-corrected chi connectivity index (χ2v) is 9.57. The number of hydrogen-bond acceptors (Lipinski definition) is 5. The summed E-state index contributed by atoms with van der Waals surface area (Å²) in [6.45, 7) is 4.03. The molecule has 168 valence electrons. The van der Waals surface area contributed by atoms with Crippen LogP contribution in [-0.2, 0) is 17.6 Å². The molecule has 4 N–H and O–H groups in total. The summed E-state index contributed by atoms with van der Waals surface area (Å²) in [7, 11) is 0. The molecule has 0 spiro atoms. The molecule has 1 aliphatic heterocycles. The van der Waals surface area contributed by atoms with Crippen LogP contribution in [0.1, 0.15) is 66.5 Å². The molecule has 2 aliphatic rings. The number of aliphatic hydroxyl groups excluding tert-OH is 4. The molecule has 5 atom stereocenters. The SMILES string of the molecule is CC(C)Cc1ccc(Cc2cc([C@@H]3O[C@H](CO)[C@@H](O)[C@H](O)[C@H]3O)ccc2C2CC2)cc1. The first-order valence-electron chi connectivity index (χ1n) is 11.4. The van der Waals surface area contributed by atoms with Crippen molar-refractivity contribution in [2.24, 2.45) is 5.92 Å². The lowest BCUT2D eigenvalue weighted by Gasteiger charge is -2.40. The molecule has 31 heavy (non-hydrogen) atoms. The summed E-state index contributed by atoms with van der Waals surface area (Å²) in [4.78, 5) is 0. The Hall–Kier alpha value is -1.76. The van der Waals surface area contributed by atoms with E-state index in [1.165, 1.54) is 35.1 Å². The van der Waals surface area contributed by atoms with E-state index in [2.05, 4.69) is 50.2 Å². The van der Waals surface area contributed by atoms with E-state index in [0.717, 1.165) is 18.4 Å². The number of ether oxygens (including phenoxy) is 1. The number of benzene rings is 2. The van der Waals surface area contributed by atoms with E-state index >= 15 is 0 Å². The zero-order valence-corrected chi connectivity index (χ0v) is 18.3. The fourth-order valence-corrected chi connectivity index (χ4v) is 4.61. The molecule has 5 heteroatoms. The molecular formula is C26H34O5. The zero-order chi connectivity index (χ0) is 22.1. The first-order valence-corrected chi connectivity index (χ1v) is 11.4. The lowest BCUT2D eigenvalue weighted by Crippen LogP contribution is -2.55. The highest BCUT2D eigenvalue weighted by Gasteiger charge is 2.44. The number of hydrogen-bond donors (Lipinski definition) is 4. The Morgan fingerprint density at radius 1 is 0.903 bits per heavy atom. The number of aliphatic hydroxyl groups is 4. The second-order valence-electron chi connectivity index (χ2n) is 9.57. The predicted molar refractivity (Wildman–Crippen MR) is 119 cm³/mol. The summed E-state index contributed by atoms with van der Waals surface area (Å²) < 4.78 is 5.78. The first-order chi connectivity index (χ1) is 14.9. The van der Waals surface area contributed by atoms with E-state index in [-0.39, 0.29) is 0 Å². The van der Waals surface area contributed by atoms with Crippen LogP contribution in [0.5, 0.6) is 0 Å². The predicted octanol–water partition coefficient (Wildman–Crippen LogP) is 2.87. The maximum atomic E-state index is 10.5. The largest absolute Gasteiger partial charge is 0.394 e. The van der Waals surface area contributed by atoms with E-state index in [1.54, 1.807) is 0 Å². The van der Waals surface area contributed by atoms with Gasteiger partial charge in [0.1, 0.15) is 30.5 Å². The smallest absolute Gasteiger partial charge is 0.113 e. The van der Waals surface area contributed by atoms with E-state index < -0.39 is 37.1 Å². The Bertz CT molecular complexity index is 872. The molecular weight excluding hydrogens is 392 g/mol. The number of rotatable bonds is 7. The summed E-state index contributed by atoms with van der Waals surface area (Å²) in [6, 6.07) is 14.9. The zero-order valence-electron chi connectivity index (χ0n) is 18.3. The average molecular weight is 427 g/mol. The van der Waals surface area contributed by atoms with Crippen molar-refractivity contribution in [3.63, 3.8) is 0 Å². The average Bonchev–Trinajstić information content (AvgIpc) is 3.59. The molecule has 2 aromatic carbocycles. The molecule has 0 aromatic heterocycles. The summed E-state index contributed by atoms with van der Waals surface area (Å²) in [5, 5.41) is 40.3. The molecule has 2 fully saturated rings. The van der Waals surface area contributed by atoms with E-state index in [9.17, 15) is 20.4 Å². The van der Waals surface area contributed by atoms with Gasteiger partial charge in [0.15, 0.2) is 0 Å². The molecule has 1 heterocycles. The third-order valence-electron chi connectivity index (χ3n) is 6.47. The Morgan fingerprint density at radius 3 is 2.19 bits per heavy atom. The molecule has 0 bridgehead atoms. The van der Waals surface area contributed by atoms with Crippen LogP contribution >= 0.6 is 0 Å². The van der Waals surface area contributed by atoms with Crippen LogP contribution < -0.4 is 0 Å². The third-order valence-corrected chi connectivity index (χ3v) is 6.47. The third kappa shape index (κ3) is 5.02. The fourth-order valence-electron chi connectivity index (χ4n) is 4.61. The lowest BCUT2D eigenvalue weighted by molar-refractivity contribution is -0.231. The van der Waals surface area contributed by atoms with E-state index in [0.29, 0.717) is 11.8 Å². The molecule has 0 amide bonds. The minimum absolute atomic E-state index is 0.419. The quantitative estimate of drug-likeness (QED) is 0.547. The maximum Gasteiger partial charge on any atom is 0.113 e. The Balaban J connectivity index is 1.60. The van der Waals surface area contributed by atoms with Gasteiger partial charge in [-0.1, -0.05) is 56.3 Å². The topological polar surface area (TPSA) is 90.2 Å². The van der Waals surface area contributed by atoms with Crippen molar-refractivity contribution in [1.82, 2.24) is 0 Å². The summed E-state index contributed by atoms with van der Waals surface area (Å²) in [6.07, 6.45) is -1.41. The normalized spacial score (nSPS) is 28.8. The van der Waals surface area contributed by atoms with Gasteiger partial charge in [0.25, 0.3) is 0 Å². The van der Waals surface area contributed by atoms with E-state index in [1.807, 2.05) is 6.07 Å². The van der Waals surface area contributed by atoms with Gasteiger partial charge in [-0.15, -0.1) is 0 Å². The van der Waals surface area contributed by atoms with Crippen molar-refractivity contribution in [1.29, 1.82) is 0 Å². The Labute approximate surface area is 184 Å². The van der Waals surface area contributed by atoms with Crippen molar-refractivity contribution in [3.8, 4) is 0 Å². The molecule has 1 saturated heterocycles. The molecule has 1 aliphatic carbocycles. The molecule has 2 aromatic rings. The van der Waals surface area contributed by atoms with Gasteiger partial charge in [0, 0.05) is 0 Å². The van der Waals surface area contributed by atoms with Gasteiger partial charge in [-0.2, -0.15) is 0 Å². The highest BCUT2D eigenvalue weighted by atomic mass is 16.5. The van der Waals surface area contributed by atoms with Crippen LogP contribution in [0.2, 0.25) is 0 Å². The van der Waals surface area contributed by atoms with Gasteiger partial charge < -0.3 is 25.2 Å². The summed E-state index contributed by atoms with van der Waals surface area (Å²) in [5.74, 6) is 1.21. The van der Waals surface area contributed by atoms with Gasteiger partial charge in [-0.05, 0) is 65.3 Å². The van der Waals surface area contributed by atoms with Crippen LogP contribution in [0.15, 0.2) is 42.5 Å². The Kier molecular flexibility index (Phi) is 6.80. The molecule has 1 saturated carbocycles. The first kappa shape index (κ1) is 22.4.